The van der Waals surface area contributed by atoms with Crippen LogP contribution in [0.3, 0.4) is 0 Å². The van der Waals surface area contributed by atoms with Gasteiger partial charge in [-0.1, -0.05) is 33.1 Å². The van der Waals surface area contributed by atoms with E-state index in [-0.39, 0.29) is 5.41 Å². The molecule has 0 aromatic heterocycles. The SMILES string of the molecule is CCOC(O)C1(C)CCCC[C@@H]1C. The summed E-state index contributed by atoms with van der Waals surface area (Å²) >= 11 is 0. The lowest BCUT2D eigenvalue weighted by Gasteiger charge is -2.42. The third-order valence-electron chi connectivity index (χ3n) is 3.62. The zero-order chi connectivity index (χ0) is 9.90. The summed E-state index contributed by atoms with van der Waals surface area (Å²) in [7, 11) is 0. The van der Waals surface area contributed by atoms with Gasteiger partial charge in [0.15, 0.2) is 6.29 Å². The second-order valence-corrected chi connectivity index (χ2v) is 4.46. The van der Waals surface area contributed by atoms with Crippen molar-refractivity contribution in [2.75, 3.05) is 6.61 Å². The highest BCUT2D eigenvalue weighted by Crippen LogP contribution is 2.43. The lowest BCUT2D eigenvalue weighted by Crippen LogP contribution is -2.41. The van der Waals surface area contributed by atoms with Gasteiger partial charge in [0, 0.05) is 12.0 Å². The normalized spacial score (nSPS) is 37.4. The van der Waals surface area contributed by atoms with Crippen molar-refractivity contribution < 1.29 is 9.84 Å². The maximum Gasteiger partial charge on any atom is 0.160 e. The van der Waals surface area contributed by atoms with Crippen molar-refractivity contribution in [1.82, 2.24) is 0 Å². The molecule has 13 heavy (non-hydrogen) atoms. The minimum Gasteiger partial charge on any atom is -0.367 e. The molecule has 1 aliphatic carbocycles. The van der Waals surface area contributed by atoms with Crippen LogP contribution in [0.25, 0.3) is 0 Å². The highest BCUT2D eigenvalue weighted by Gasteiger charge is 2.40. The topological polar surface area (TPSA) is 29.5 Å². The molecule has 2 heteroatoms. The number of aliphatic hydroxyl groups excluding tert-OH is 1. The molecule has 78 valence electrons. The molecule has 1 rings (SSSR count). The van der Waals surface area contributed by atoms with E-state index >= 15 is 0 Å². The van der Waals surface area contributed by atoms with Crippen molar-refractivity contribution in [3.8, 4) is 0 Å². The smallest absolute Gasteiger partial charge is 0.160 e. The van der Waals surface area contributed by atoms with Crippen LogP contribution in [0.1, 0.15) is 46.5 Å². The van der Waals surface area contributed by atoms with Gasteiger partial charge in [-0.15, -0.1) is 0 Å². The number of hydrogen-bond acceptors (Lipinski definition) is 2. The van der Waals surface area contributed by atoms with Gasteiger partial charge in [-0.2, -0.15) is 0 Å². The van der Waals surface area contributed by atoms with E-state index in [0.29, 0.717) is 12.5 Å². The molecule has 0 spiro atoms. The summed E-state index contributed by atoms with van der Waals surface area (Å²) in [6.07, 6.45) is 4.27. The summed E-state index contributed by atoms with van der Waals surface area (Å²) < 4.78 is 5.31. The van der Waals surface area contributed by atoms with Gasteiger partial charge in [-0.3, -0.25) is 0 Å². The zero-order valence-electron chi connectivity index (χ0n) is 9.05. The molecule has 1 aliphatic rings. The lowest BCUT2D eigenvalue weighted by molar-refractivity contribution is -0.192. The Morgan fingerprint density at radius 2 is 2.23 bits per heavy atom. The molecule has 0 amide bonds. The monoisotopic (exact) mass is 186 g/mol. The predicted molar refractivity (Wildman–Crippen MR) is 53.4 cm³/mol. The molecule has 3 atom stereocenters. The van der Waals surface area contributed by atoms with Crippen LogP contribution in [0.5, 0.6) is 0 Å². The van der Waals surface area contributed by atoms with Crippen LogP contribution in [0.4, 0.5) is 0 Å². The van der Waals surface area contributed by atoms with E-state index in [4.69, 9.17) is 4.74 Å². The molecule has 0 radical (unpaired) electrons. The number of hydrogen-bond donors (Lipinski definition) is 1. The summed E-state index contributed by atoms with van der Waals surface area (Å²) in [6.45, 7) is 6.90. The van der Waals surface area contributed by atoms with E-state index in [2.05, 4.69) is 13.8 Å². The summed E-state index contributed by atoms with van der Waals surface area (Å²) in [5, 5.41) is 9.88. The Hall–Kier alpha value is -0.0800. The summed E-state index contributed by atoms with van der Waals surface area (Å²) in [5.41, 5.74) is -0.0196. The fourth-order valence-corrected chi connectivity index (χ4v) is 2.25. The van der Waals surface area contributed by atoms with Gasteiger partial charge in [0.05, 0.1) is 0 Å². The molecule has 1 saturated carbocycles. The molecule has 0 aliphatic heterocycles. The minimum atomic E-state index is -0.576. The Balaban J connectivity index is 2.59. The molecule has 1 N–H and O–H groups in total. The standard InChI is InChI=1S/C11H22O2/c1-4-13-10(12)11(3)8-6-5-7-9(11)2/h9-10,12H,4-8H2,1-3H3/t9-,10?,11?/m0/s1. The van der Waals surface area contributed by atoms with Crippen LogP contribution < -0.4 is 0 Å². The maximum atomic E-state index is 9.88. The van der Waals surface area contributed by atoms with Gasteiger partial charge in [0.1, 0.15) is 0 Å². The second-order valence-electron chi connectivity index (χ2n) is 4.46. The fraction of sp³-hybridized carbons (Fsp3) is 1.00. The number of aliphatic hydroxyl groups is 1. The van der Waals surface area contributed by atoms with Gasteiger partial charge < -0.3 is 9.84 Å². The van der Waals surface area contributed by atoms with Crippen molar-refractivity contribution in [1.29, 1.82) is 0 Å². The maximum absolute atomic E-state index is 9.88. The Bertz CT molecular complexity index is 158. The average molecular weight is 186 g/mol. The summed E-state index contributed by atoms with van der Waals surface area (Å²) in [6, 6.07) is 0. The molecule has 2 unspecified atom stereocenters. The third-order valence-corrected chi connectivity index (χ3v) is 3.62. The summed E-state index contributed by atoms with van der Waals surface area (Å²) in [5.74, 6) is 0.572. The van der Waals surface area contributed by atoms with Crippen molar-refractivity contribution in [2.24, 2.45) is 11.3 Å². The lowest BCUT2D eigenvalue weighted by atomic mass is 9.68. The Morgan fingerprint density at radius 3 is 2.77 bits per heavy atom. The van der Waals surface area contributed by atoms with E-state index in [1.807, 2.05) is 6.92 Å². The predicted octanol–water partition coefficient (Wildman–Crippen LogP) is 2.56. The van der Waals surface area contributed by atoms with Crippen LogP contribution >= 0.6 is 0 Å². The highest BCUT2D eigenvalue weighted by molar-refractivity contribution is 4.86. The first-order chi connectivity index (χ1) is 6.11. The van der Waals surface area contributed by atoms with Crippen LogP contribution in [0.15, 0.2) is 0 Å². The van der Waals surface area contributed by atoms with Gasteiger partial charge in [0.25, 0.3) is 0 Å². The van der Waals surface area contributed by atoms with Gasteiger partial charge >= 0.3 is 0 Å². The third kappa shape index (κ3) is 2.23. The second kappa shape index (κ2) is 4.43. The van der Waals surface area contributed by atoms with E-state index < -0.39 is 6.29 Å². The molecule has 1 fully saturated rings. The Morgan fingerprint density at radius 1 is 1.54 bits per heavy atom. The molecule has 0 aromatic carbocycles. The molecule has 0 aromatic rings. The molecular formula is C11H22O2. The zero-order valence-corrected chi connectivity index (χ0v) is 9.05. The van der Waals surface area contributed by atoms with E-state index in [0.717, 1.165) is 6.42 Å². The molecule has 0 bridgehead atoms. The van der Waals surface area contributed by atoms with E-state index in [9.17, 15) is 5.11 Å². The first kappa shape index (κ1) is 11.0. The molecule has 0 saturated heterocycles. The van der Waals surface area contributed by atoms with Gasteiger partial charge in [0.2, 0.25) is 0 Å². The van der Waals surface area contributed by atoms with Crippen molar-refractivity contribution in [2.45, 2.75) is 52.7 Å². The largest absolute Gasteiger partial charge is 0.367 e. The average Bonchev–Trinajstić information content (AvgIpc) is 2.11. The number of ether oxygens (including phenoxy) is 1. The van der Waals surface area contributed by atoms with Crippen molar-refractivity contribution in [3.05, 3.63) is 0 Å². The van der Waals surface area contributed by atoms with Crippen molar-refractivity contribution >= 4 is 0 Å². The first-order valence-electron chi connectivity index (χ1n) is 5.41. The summed E-state index contributed by atoms with van der Waals surface area (Å²) in [4.78, 5) is 0. The van der Waals surface area contributed by atoms with Gasteiger partial charge in [-0.05, 0) is 19.3 Å². The van der Waals surface area contributed by atoms with Crippen molar-refractivity contribution in [3.63, 3.8) is 0 Å². The number of rotatable bonds is 3. The minimum absolute atomic E-state index is 0.0196. The molecular weight excluding hydrogens is 164 g/mol. The van der Waals surface area contributed by atoms with Crippen LogP contribution in [0, 0.1) is 11.3 Å². The van der Waals surface area contributed by atoms with Crippen LogP contribution in [0.2, 0.25) is 0 Å². The highest BCUT2D eigenvalue weighted by atomic mass is 16.6. The Labute approximate surface area is 81.3 Å². The quantitative estimate of drug-likeness (QED) is 0.686. The fourth-order valence-electron chi connectivity index (χ4n) is 2.25. The molecule has 0 heterocycles. The van der Waals surface area contributed by atoms with E-state index in [1.165, 1.54) is 19.3 Å². The van der Waals surface area contributed by atoms with E-state index in [1.54, 1.807) is 0 Å². The first-order valence-corrected chi connectivity index (χ1v) is 5.41. The van der Waals surface area contributed by atoms with Gasteiger partial charge in [-0.25, -0.2) is 0 Å². The van der Waals surface area contributed by atoms with Crippen LogP contribution in [-0.2, 0) is 4.74 Å². The molecule has 2 nitrogen and oxygen atoms in total. The van der Waals surface area contributed by atoms with Crippen LogP contribution in [-0.4, -0.2) is 18.0 Å². The Kier molecular flexibility index (Phi) is 3.74.